The van der Waals surface area contributed by atoms with Crippen LogP contribution in [0.2, 0.25) is 5.02 Å². The Morgan fingerprint density at radius 1 is 1.33 bits per heavy atom. The first-order valence-electron chi connectivity index (χ1n) is 6.51. The third kappa shape index (κ3) is 3.77. The van der Waals surface area contributed by atoms with E-state index in [1.807, 2.05) is 32.0 Å². The average Bonchev–Trinajstić information content (AvgIpc) is 2.45. The summed E-state index contributed by atoms with van der Waals surface area (Å²) < 4.78 is 6.12. The molecule has 0 aliphatic heterocycles. The van der Waals surface area contributed by atoms with Crippen molar-refractivity contribution in [3.63, 3.8) is 0 Å². The number of halogens is 2. The van der Waals surface area contributed by atoms with E-state index in [0.717, 1.165) is 17.0 Å². The van der Waals surface area contributed by atoms with Crippen molar-refractivity contribution in [2.24, 2.45) is 0 Å². The van der Waals surface area contributed by atoms with Crippen molar-refractivity contribution in [2.75, 3.05) is 11.9 Å². The molecule has 2 aromatic carbocycles. The second-order valence-electron chi connectivity index (χ2n) is 4.47. The van der Waals surface area contributed by atoms with Gasteiger partial charge in [0.15, 0.2) is 0 Å². The number of amides is 1. The van der Waals surface area contributed by atoms with E-state index in [1.165, 1.54) is 0 Å². The number of hydrogen-bond donors (Lipinski definition) is 1. The number of benzene rings is 2. The molecular formula is C16H15BrClNO2. The van der Waals surface area contributed by atoms with Gasteiger partial charge in [0.1, 0.15) is 5.75 Å². The molecule has 0 aromatic heterocycles. The van der Waals surface area contributed by atoms with E-state index < -0.39 is 0 Å². The highest BCUT2D eigenvalue weighted by Crippen LogP contribution is 2.27. The highest BCUT2D eigenvalue weighted by Gasteiger charge is 2.13. The minimum Gasteiger partial charge on any atom is -0.494 e. The molecule has 110 valence electrons. The zero-order valence-corrected chi connectivity index (χ0v) is 14.1. The lowest BCUT2D eigenvalue weighted by Crippen LogP contribution is -2.13. The fourth-order valence-electron chi connectivity index (χ4n) is 1.90. The molecule has 21 heavy (non-hydrogen) atoms. The lowest BCUT2D eigenvalue weighted by molar-refractivity contribution is 0.102. The number of aryl methyl sites for hydroxylation is 1. The Morgan fingerprint density at radius 2 is 2.10 bits per heavy atom. The SMILES string of the molecule is CCOc1ccc(NC(=O)c2cccc(Br)c2Cl)c(C)c1. The normalized spacial score (nSPS) is 10.3. The van der Waals surface area contributed by atoms with Gasteiger partial charge < -0.3 is 10.1 Å². The Balaban J connectivity index is 2.22. The fraction of sp³-hybridized carbons (Fsp3) is 0.188. The molecule has 0 saturated carbocycles. The Hall–Kier alpha value is -1.52. The van der Waals surface area contributed by atoms with Crippen molar-refractivity contribution in [1.29, 1.82) is 0 Å². The zero-order valence-electron chi connectivity index (χ0n) is 11.7. The summed E-state index contributed by atoms with van der Waals surface area (Å²) in [6, 6.07) is 10.8. The lowest BCUT2D eigenvalue weighted by atomic mass is 10.1. The monoisotopic (exact) mass is 367 g/mol. The summed E-state index contributed by atoms with van der Waals surface area (Å²) in [6.07, 6.45) is 0. The summed E-state index contributed by atoms with van der Waals surface area (Å²) in [5.74, 6) is 0.544. The number of anilines is 1. The van der Waals surface area contributed by atoms with Gasteiger partial charge in [0.25, 0.3) is 5.91 Å². The Morgan fingerprint density at radius 3 is 2.76 bits per heavy atom. The molecule has 0 radical (unpaired) electrons. The molecule has 0 aliphatic carbocycles. The first-order chi connectivity index (χ1) is 10.0. The van der Waals surface area contributed by atoms with Crippen LogP contribution in [0.4, 0.5) is 5.69 Å². The van der Waals surface area contributed by atoms with Gasteiger partial charge in [-0.05, 0) is 65.7 Å². The number of nitrogens with one attached hydrogen (secondary N) is 1. The molecule has 0 bridgehead atoms. The predicted octanol–water partition coefficient (Wildman–Crippen LogP) is 5.06. The topological polar surface area (TPSA) is 38.3 Å². The van der Waals surface area contributed by atoms with Gasteiger partial charge in [-0.1, -0.05) is 17.7 Å². The second kappa shape index (κ2) is 6.96. The lowest BCUT2D eigenvalue weighted by Gasteiger charge is -2.11. The molecule has 0 heterocycles. The summed E-state index contributed by atoms with van der Waals surface area (Å²) >= 11 is 9.45. The Kier molecular flexibility index (Phi) is 5.26. The molecular weight excluding hydrogens is 354 g/mol. The van der Waals surface area contributed by atoms with Crippen LogP contribution in [-0.2, 0) is 0 Å². The average molecular weight is 369 g/mol. The molecule has 2 rings (SSSR count). The van der Waals surface area contributed by atoms with Crippen LogP contribution in [0.5, 0.6) is 5.75 Å². The first-order valence-corrected chi connectivity index (χ1v) is 7.69. The number of ether oxygens (including phenoxy) is 1. The molecule has 0 aliphatic rings. The standard InChI is InChI=1S/C16H15BrClNO2/c1-3-21-11-7-8-14(10(2)9-11)19-16(20)12-5-4-6-13(17)15(12)18/h4-9H,3H2,1-2H3,(H,19,20). The van der Waals surface area contributed by atoms with E-state index in [-0.39, 0.29) is 5.91 Å². The fourth-order valence-corrected chi connectivity index (χ4v) is 2.48. The van der Waals surface area contributed by atoms with Gasteiger partial charge in [-0.15, -0.1) is 0 Å². The van der Waals surface area contributed by atoms with Gasteiger partial charge in [-0.2, -0.15) is 0 Å². The number of carbonyl (C=O) groups is 1. The van der Waals surface area contributed by atoms with Gasteiger partial charge in [0.05, 0.1) is 17.2 Å². The van der Waals surface area contributed by atoms with Crippen LogP contribution >= 0.6 is 27.5 Å². The van der Waals surface area contributed by atoms with Crippen LogP contribution in [0.15, 0.2) is 40.9 Å². The molecule has 1 amide bonds. The largest absolute Gasteiger partial charge is 0.494 e. The van der Waals surface area contributed by atoms with Crippen LogP contribution in [0, 0.1) is 6.92 Å². The molecule has 0 atom stereocenters. The van der Waals surface area contributed by atoms with Crippen LogP contribution < -0.4 is 10.1 Å². The summed E-state index contributed by atoms with van der Waals surface area (Å²) in [7, 11) is 0. The van der Waals surface area contributed by atoms with Crippen molar-refractivity contribution in [3.05, 3.63) is 57.0 Å². The second-order valence-corrected chi connectivity index (χ2v) is 5.70. The predicted molar refractivity (Wildman–Crippen MR) is 89.5 cm³/mol. The minimum absolute atomic E-state index is 0.242. The molecule has 0 unspecified atom stereocenters. The highest BCUT2D eigenvalue weighted by atomic mass is 79.9. The highest BCUT2D eigenvalue weighted by molar-refractivity contribution is 9.10. The van der Waals surface area contributed by atoms with E-state index in [1.54, 1.807) is 18.2 Å². The van der Waals surface area contributed by atoms with E-state index in [9.17, 15) is 4.79 Å². The van der Waals surface area contributed by atoms with Crippen molar-refractivity contribution >= 4 is 39.1 Å². The van der Waals surface area contributed by atoms with Crippen LogP contribution in [-0.4, -0.2) is 12.5 Å². The maximum absolute atomic E-state index is 12.3. The van der Waals surface area contributed by atoms with Gasteiger partial charge in [-0.25, -0.2) is 0 Å². The summed E-state index contributed by atoms with van der Waals surface area (Å²) in [6.45, 7) is 4.46. The van der Waals surface area contributed by atoms with E-state index in [0.29, 0.717) is 21.7 Å². The maximum atomic E-state index is 12.3. The third-order valence-corrected chi connectivity index (χ3v) is 4.25. The summed E-state index contributed by atoms with van der Waals surface area (Å²) in [5, 5.41) is 3.27. The first kappa shape index (κ1) is 15.9. The molecule has 5 heteroatoms. The molecule has 2 aromatic rings. The van der Waals surface area contributed by atoms with Crippen LogP contribution in [0.3, 0.4) is 0 Å². The quantitative estimate of drug-likeness (QED) is 0.819. The molecule has 1 N–H and O–H groups in total. The summed E-state index contributed by atoms with van der Waals surface area (Å²) in [4.78, 5) is 12.3. The number of carbonyl (C=O) groups excluding carboxylic acids is 1. The van der Waals surface area contributed by atoms with E-state index in [2.05, 4.69) is 21.2 Å². The molecule has 0 saturated heterocycles. The van der Waals surface area contributed by atoms with Crippen LogP contribution in [0.1, 0.15) is 22.8 Å². The smallest absolute Gasteiger partial charge is 0.257 e. The number of hydrogen-bond acceptors (Lipinski definition) is 2. The Labute approximate surface area is 137 Å². The Bertz CT molecular complexity index is 673. The minimum atomic E-state index is -0.242. The van der Waals surface area contributed by atoms with Crippen LogP contribution in [0.25, 0.3) is 0 Å². The van der Waals surface area contributed by atoms with Gasteiger partial charge in [0.2, 0.25) is 0 Å². The van der Waals surface area contributed by atoms with Gasteiger partial charge in [0, 0.05) is 10.2 Å². The number of rotatable bonds is 4. The van der Waals surface area contributed by atoms with Gasteiger partial charge >= 0.3 is 0 Å². The van der Waals surface area contributed by atoms with Gasteiger partial charge in [-0.3, -0.25) is 4.79 Å². The van der Waals surface area contributed by atoms with E-state index in [4.69, 9.17) is 16.3 Å². The van der Waals surface area contributed by atoms with Crippen molar-refractivity contribution in [2.45, 2.75) is 13.8 Å². The van der Waals surface area contributed by atoms with E-state index >= 15 is 0 Å². The molecule has 0 fully saturated rings. The third-order valence-electron chi connectivity index (χ3n) is 2.95. The van der Waals surface area contributed by atoms with Crippen molar-refractivity contribution in [3.8, 4) is 5.75 Å². The van der Waals surface area contributed by atoms with Crippen molar-refractivity contribution in [1.82, 2.24) is 0 Å². The molecule has 3 nitrogen and oxygen atoms in total. The maximum Gasteiger partial charge on any atom is 0.257 e. The molecule has 0 spiro atoms. The summed E-state index contributed by atoms with van der Waals surface area (Å²) in [5.41, 5.74) is 2.10. The zero-order chi connectivity index (χ0) is 15.4. The van der Waals surface area contributed by atoms with Crippen molar-refractivity contribution < 1.29 is 9.53 Å².